The lowest BCUT2D eigenvalue weighted by molar-refractivity contribution is -0.123. The van der Waals surface area contributed by atoms with Crippen LogP contribution in [0.5, 0.6) is 0 Å². The Bertz CT molecular complexity index is 735. The van der Waals surface area contributed by atoms with Crippen molar-refractivity contribution in [3.8, 4) is 0 Å². The number of hydrogen-bond acceptors (Lipinski definition) is 3. The molecule has 1 aromatic rings. The summed E-state index contributed by atoms with van der Waals surface area (Å²) in [4.78, 5) is 12.9. The van der Waals surface area contributed by atoms with Crippen LogP contribution in [0.3, 0.4) is 0 Å². The maximum Gasteiger partial charge on any atom is 0.244 e. The van der Waals surface area contributed by atoms with Gasteiger partial charge in [0.15, 0.2) is 0 Å². The van der Waals surface area contributed by atoms with Crippen LogP contribution in [0.2, 0.25) is 5.02 Å². The first kappa shape index (κ1) is 18.5. The van der Waals surface area contributed by atoms with E-state index < -0.39 is 16.1 Å². The minimum absolute atomic E-state index is 0.187. The van der Waals surface area contributed by atoms with Crippen LogP contribution in [0.4, 0.5) is 5.69 Å². The molecule has 0 unspecified atom stereocenters. The Kier molecular flexibility index (Phi) is 5.30. The van der Waals surface area contributed by atoms with Gasteiger partial charge in [-0.05, 0) is 61.8 Å². The molecule has 2 fully saturated rings. The first-order valence-electron chi connectivity index (χ1n) is 8.85. The van der Waals surface area contributed by atoms with Crippen LogP contribution in [0.25, 0.3) is 0 Å². The van der Waals surface area contributed by atoms with Crippen molar-refractivity contribution < 1.29 is 13.2 Å². The monoisotopic (exact) mass is 384 g/mol. The number of nitrogens with one attached hydrogen (secondary N) is 1. The fraction of sp³-hybridized carbons (Fsp3) is 0.611. The van der Waals surface area contributed by atoms with Gasteiger partial charge in [-0.1, -0.05) is 24.9 Å². The molecular weight excluding hydrogens is 360 g/mol. The van der Waals surface area contributed by atoms with Gasteiger partial charge in [-0.3, -0.25) is 9.10 Å². The second-order valence-electron chi connectivity index (χ2n) is 7.25. The zero-order valence-corrected chi connectivity index (χ0v) is 16.2. The molecule has 0 saturated heterocycles. The van der Waals surface area contributed by atoms with Gasteiger partial charge >= 0.3 is 0 Å². The highest BCUT2D eigenvalue weighted by Gasteiger charge is 2.41. The van der Waals surface area contributed by atoms with Crippen molar-refractivity contribution in [2.45, 2.75) is 51.1 Å². The fourth-order valence-corrected chi connectivity index (χ4v) is 5.69. The van der Waals surface area contributed by atoms with E-state index in [9.17, 15) is 13.2 Å². The van der Waals surface area contributed by atoms with Crippen LogP contribution in [0.15, 0.2) is 24.3 Å². The Labute approximate surface area is 154 Å². The van der Waals surface area contributed by atoms with E-state index >= 15 is 0 Å². The quantitative estimate of drug-likeness (QED) is 0.819. The topological polar surface area (TPSA) is 66.5 Å². The Balaban J connectivity index is 1.82. The van der Waals surface area contributed by atoms with Gasteiger partial charge < -0.3 is 5.32 Å². The third-order valence-corrected chi connectivity index (χ3v) is 6.91. The van der Waals surface area contributed by atoms with Crippen molar-refractivity contribution in [2.24, 2.45) is 11.8 Å². The van der Waals surface area contributed by atoms with E-state index in [0.29, 0.717) is 23.0 Å². The molecule has 0 aromatic heterocycles. The molecule has 0 spiro atoms. The lowest BCUT2D eigenvalue weighted by Gasteiger charge is -2.32. The molecule has 0 heterocycles. The molecule has 7 heteroatoms. The lowest BCUT2D eigenvalue weighted by Crippen LogP contribution is -2.52. The van der Waals surface area contributed by atoms with E-state index in [4.69, 9.17) is 11.6 Å². The van der Waals surface area contributed by atoms with Gasteiger partial charge in [0.2, 0.25) is 15.9 Å². The molecule has 2 bridgehead atoms. The van der Waals surface area contributed by atoms with Crippen LogP contribution in [0.1, 0.15) is 39.0 Å². The molecule has 0 radical (unpaired) electrons. The minimum atomic E-state index is -3.60. The van der Waals surface area contributed by atoms with Gasteiger partial charge in [0.05, 0.1) is 11.9 Å². The summed E-state index contributed by atoms with van der Waals surface area (Å²) in [6.07, 6.45) is 6.17. The first-order chi connectivity index (χ1) is 11.8. The molecule has 138 valence electrons. The zero-order chi connectivity index (χ0) is 18.2. The van der Waals surface area contributed by atoms with Crippen LogP contribution in [0, 0.1) is 11.8 Å². The Morgan fingerprint density at radius 3 is 2.44 bits per heavy atom. The molecule has 2 aliphatic rings. The number of sulfonamides is 1. The Hall–Kier alpha value is -1.27. The van der Waals surface area contributed by atoms with E-state index in [2.05, 4.69) is 5.32 Å². The molecule has 1 aromatic carbocycles. The smallest absolute Gasteiger partial charge is 0.244 e. The van der Waals surface area contributed by atoms with Crippen LogP contribution in [-0.4, -0.2) is 32.7 Å². The van der Waals surface area contributed by atoms with E-state index in [0.717, 1.165) is 18.6 Å². The third kappa shape index (κ3) is 3.95. The van der Waals surface area contributed by atoms with Gasteiger partial charge in [-0.25, -0.2) is 8.42 Å². The normalized spacial score (nSPS) is 26.4. The number of nitrogens with zero attached hydrogens (tertiary/aromatic N) is 1. The summed E-state index contributed by atoms with van der Waals surface area (Å²) >= 11 is 5.91. The number of benzene rings is 1. The standard InChI is InChI=1S/C18H25ClN2O3S/c1-3-17(18(22)20-16-11-12-4-5-13(16)10-12)21(25(2,23)24)15-8-6-14(19)7-9-15/h6-9,12-13,16-17H,3-5,10-11H2,1-2H3,(H,20,22)/t12-,13-,16+,17+/m1/s1. The molecule has 4 atom stereocenters. The zero-order valence-electron chi connectivity index (χ0n) is 14.6. The molecule has 0 aliphatic heterocycles. The van der Waals surface area contributed by atoms with Gasteiger partial charge in [-0.2, -0.15) is 0 Å². The predicted molar refractivity (Wildman–Crippen MR) is 100 cm³/mol. The van der Waals surface area contributed by atoms with Crippen LogP contribution in [-0.2, 0) is 14.8 Å². The number of amides is 1. The van der Waals surface area contributed by atoms with Crippen molar-refractivity contribution in [2.75, 3.05) is 10.6 Å². The van der Waals surface area contributed by atoms with Gasteiger partial charge in [-0.15, -0.1) is 0 Å². The number of rotatable bonds is 6. The van der Waals surface area contributed by atoms with Gasteiger partial charge in [0.25, 0.3) is 0 Å². The van der Waals surface area contributed by atoms with Gasteiger partial charge in [0, 0.05) is 11.1 Å². The van der Waals surface area contributed by atoms with Crippen LogP contribution < -0.4 is 9.62 Å². The second-order valence-corrected chi connectivity index (χ2v) is 9.55. The first-order valence-corrected chi connectivity index (χ1v) is 11.1. The highest BCUT2D eigenvalue weighted by molar-refractivity contribution is 7.92. The van der Waals surface area contributed by atoms with Crippen molar-refractivity contribution in [1.29, 1.82) is 0 Å². The molecule has 3 rings (SSSR count). The summed E-state index contributed by atoms with van der Waals surface area (Å²) in [5.74, 6) is 1.06. The highest BCUT2D eigenvalue weighted by atomic mass is 35.5. The number of fused-ring (bicyclic) bond motifs is 2. The molecule has 5 nitrogen and oxygen atoms in total. The molecule has 1 amide bonds. The van der Waals surface area contributed by atoms with Crippen LogP contribution >= 0.6 is 11.6 Å². The molecule has 25 heavy (non-hydrogen) atoms. The maximum absolute atomic E-state index is 12.9. The van der Waals surface area contributed by atoms with Crippen molar-refractivity contribution >= 4 is 33.2 Å². The number of anilines is 1. The molecule has 1 N–H and O–H groups in total. The van der Waals surface area contributed by atoms with Crippen molar-refractivity contribution in [3.63, 3.8) is 0 Å². The van der Waals surface area contributed by atoms with Crippen molar-refractivity contribution in [1.82, 2.24) is 5.32 Å². The molecule has 2 aliphatic carbocycles. The summed E-state index contributed by atoms with van der Waals surface area (Å²) in [7, 11) is -3.60. The maximum atomic E-state index is 12.9. The predicted octanol–water partition coefficient (Wildman–Crippen LogP) is 3.19. The van der Waals surface area contributed by atoms with E-state index in [1.54, 1.807) is 24.3 Å². The van der Waals surface area contributed by atoms with E-state index in [-0.39, 0.29) is 11.9 Å². The van der Waals surface area contributed by atoms with E-state index in [1.807, 2.05) is 6.92 Å². The minimum Gasteiger partial charge on any atom is -0.351 e. The summed E-state index contributed by atoms with van der Waals surface area (Å²) in [5.41, 5.74) is 0.460. The molecular formula is C18H25ClN2O3S. The molecule has 2 saturated carbocycles. The number of carbonyl (C=O) groups is 1. The Morgan fingerprint density at radius 2 is 1.96 bits per heavy atom. The Morgan fingerprint density at radius 1 is 1.28 bits per heavy atom. The van der Waals surface area contributed by atoms with Gasteiger partial charge in [0.1, 0.15) is 6.04 Å². The third-order valence-electron chi connectivity index (χ3n) is 5.48. The fourth-order valence-electron chi connectivity index (χ4n) is 4.35. The number of hydrogen-bond donors (Lipinski definition) is 1. The SMILES string of the molecule is CC[C@@H](C(=O)N[C@H]1C[C@@H]2CC[C@@H]1C2)N(c1ccc(Cl)cc1)S(C)(=O)=O. The summed E-state index contributed by atoms with van der Waals surface area (Å²) in [5, 5.41) is 3.65. The largest absolute Gasteiger partial charge is 0.351 e. The number of halogens is 1. The second kappa shape index (κ2) is 7.16. The van der Waals surface area contributed by atoms with Crippen molar-refractivity contribution in [3.05, 3.63) is 29.3 Å². The number of carbonyl (C=O) groups excluding carboxylic acids is 1. The lowest BCUT2D eigenvalue weighted by atomic mass is 9.95. The average molecular weight is 385 g/mol. The van der Waals surface area contributed by atoms with E-state index in [1.165, 1.54) is 23.6 Å². The summed E-state index contributed by atoms with van der Waals surface area (Å²) < 4.78 is 26.0. The average Bonchev–Trinajstić information content (AvgIpc) is 3.15. The highest BCUT2D eigenvalue weighted by Crippen LogP contribution is 2.44. The summed E-state index contributed by atoms with van der Waals surface area (Å²) in [6, 6.07) is 5.97. The summed E-state index contributed by atoms with van der Waals surface area (Å²) in [6.45, 7) is 1.83.